The Morgan fingerprint density at radius 1 is 0.538 bits per heavy atom. The molecular formula is C59H58N4OPt-2. The molecule has 0 aliphatic carbocycles. The second-order valence-corrected chi connectivity index (χ2v) is 20.8. The number of fused-ring (bicyclic) bond motifs is 3. The van der Waals surface area contributed by atoms with Crippen LogP contribution in [0, 0.1) is 18.5 Å². The molecule has 0 saturated carbocycles. The summed E-state index contributed by atoms with van der Waals surface area (Å²) in [5.74, 6) is 1.99. The fourth-order valence-electron chi connectivity index (χ4n) is 8.57. The van der Waals surface area contributed by atoms with E-state index in [1.807, 2.05) is 18.3 Å². The summed E-state index contributed by atoms with van der Waals surface area (Å²) in [5, 5.41) is 2.20. The third kappa shape index (κ3) is 9.01. The van der Waals surface area contributed by atoms with Crippen LogP contribution in [0.2, 0.25) is 0 Å². The number of nitrogens with zero attached hydrogens (tertiary/aromatic N) is 4. The minimum atomic E-state index is -0.234. The molecule has 332 valence electrons. The van der Waals surface area contributed by atoms with Crippen molar-refractivity contribution in [3.8, 4) is 39.8 Å². The maximum Gasteiger partial charge on any atom is 0.267 e. The van der Waals surface area contributed by atoms with Crippen molar-refractivity contribution in [2.75, 3.05) is 0 Å². The molecule has 0 fully saturated rings. The number of pyridine rings is 1. The van der Waals surface area contributed by atoms with E-state index in [1.54, 1.807) is 0 Å². The van der Waals surface area contributed by atoms with Crippen molar-refractivity contribution >= 4 is 21.8 Å². The van der Waals surface area contributed by atoms with E-state index < -0.39 is 0 Å². The number of hydrogen-bond donors (Lipinski definition) is 0. The predicted octanol–water partition coefficient (Wildman–Crippen LogP) is 14.3. The van der Waals surface area contributed by atoms with Crippen molar-refractivity contribution in [3.05, 3.63) is 198 Å². The zero-order valence-corrected chi connectivity index (χ0v) is 41.7. The summed E-state index contributed by atoms with van der Waals surface area (Å²) in [4.78, 5) is 4.97. The van der Waals surface area contributed by atoms with Crippen LogP contribution in [0.3, 0.4) is 0 Å². The van der Waals surface area contributed by atoms with Gasteiger partial charge in [0.15, 0.2) is 0 Å². The van der Waals surface area contributed by atoms with Crippen molar-refractivity contribution in [1.29, 1.82) is 0 Å². The first-order chi connectivity index (χ1) is 30.3. The van der Waals surface area contributed by atoms with Gasteiger partial charge in [-0.3, -0.25) is 4.57 Å². The number of rotatable bonds is 8. The van der Waals surface area contributed by atoms with Crippen LogP contribution < -0.4 is 9.30 Å². The molecule has 3 aromatic heterocycles. The van der Waals surface area contributed by atoms with E-state index in [2.05, 4.69) is 242 Å². The molecule has 9 aromatic rings. The fraction of sp³-hybridized carbons (Fsp3) is 0.254. The van der Waals surface area contributed by atoms with Crippen LogP contribution in [0.5, 0.6) is 11.5 Å². The third-order valence-corrected chi connectivity index (χ3v) is 12.5. The Morgan fingerprint density at radius 3 is 1.85 bits per heavy atom. The van der Waals surface area contributed by atoms with Gasteiger partial charge in [-0.15, -0.1) is 35.2 Å². The average molecular weight is 1030 g/mol. The summed E-state index contributed by atoms with van der Waals surface area (Å²) in [5.41, 5.74) is 11.6. The molecule has 0 aliphatic heterocycles. The van der Waals surface area contributed by atoms with E-state index >= 15 is 0 Å². The zero-order valence-electron chi connectivity index (χ0n) is 39.4. The number of hydrogen-bond acceptors (Lipinski definition) is 2. The normalized spacial score (nSPS) is 12.4. The minimum absolute atomic E-state index is 0. The van der Waals surface area contributed by atoms with Crippen LogP contribution in [0.1, 0.15) is 104 Å². The Balaban J connectivity index is 0.00000576. The number of benzene rings is 6. The molecule has 0 atom stereocenters. The van der Waals surface area contributed by atoms with Crippen LogP contribution >= 0.6 is 0 Å². The summed E-state index contributed by atoms with van der Waals surface area (Å²) in [7, 11) is 0. The Bertz CT molecular complexity index is 3120. The molecular weight excluding hydrogens is 976 g/mol. The van der Waals surface area contributed by atoms with Gasteiger partial charge >= 0.3 is 0 Å². The first-order valence-electron chi connectivity index (χ1n) is 22.4. The summed E-state index contributed by atoms with van der Waals surface area (Å²) < 4.78 is 13.4. The predicted molar refractivity (Wildman–Crippen MR) is 263 cm³/mol. The number of imidazole rings is 1. The van der Waals surface area contributed by atoms with Gasteiger partial charge < -0.3 is 13.9 Å². The molecule has 65 heavy (non-hydrogen) atoms. The summed E-state index contributed by atoms with van der Waals surface area (Å²) in [6.45, 7) is 25.0. The maximum absolute atomic E-state index is 6.88. The van der Waals surface area contributed by atoms with Crippen LogP contribution in [0.25, 0.3) is 50.1 Å². The van der Waals surface area contributed by atoms with Gasteiger partial charge in [0.2, 0.25) is 0 Å². The monoisotopic (exact) mass is 1030 g/mol. The largest absolute Gasteiger partial charge is 0.510 e. The SMILES string of the molecule is CC(C)(C)c1cc(-[n+]2[c-]n(-c3[c-]c(Oc4[c-]c5c(cc4)c4ccccc4n5-c4cc(C(C)(C)c5ccccc5)ccn4)cc(-c4ccccc4)c3)c(C(C)(C)C)c2)cc(C(C)(C)C)c1.[Pt]. The number of ether oxygens (including phenoxy) is 1. The summed E-state index contributed by atoms with van der Waals surface area (Å²) in [6, 6.07) is 56.7. The van der Waals surface area contributed by atoms with Gasteiger partial charge in [-0.05, 0) is 85.5 Å². The van der Waals surface area contributed by atoms with Crippen molar-refractivity contribution in [2.45, 2.75) is 97.8 Å². The standard InChI is InChI=1S/C59H58N4O.Pt/c1-56(2,3)44-32-45(57(4,5)6)34-46(33-44)61-38-54(58(7,8)9)62(39-61)47-30-41(40-20-14-12-15-21-40)31-49(36-47)64-48-26-27-51-50-24-18-19-25-52(50)63(53(51)37-48)55-35-43(28-29-60-55)59(10,11)42-22-16-13-17-23-42;/h12-35,38H,1-11H3;/q-2;. The Labute approximate surface area is 400 Å². The number of aromatic nitrogens is 4. The number of para-hydroxylation sites is 1. The van der Waals surface area contributed by atoms with E-state index in [0.29, 0.717) is 11.5 Å². The van der Waals surface area contributed by atoms with Gasteiger partial charge in [0.1, 0.15) is 5.82 Å². The quantitative estimate of drug-likeness (QED) is 0.112. The molecule has 0 spiro atoms. The molecule has 0 amide bonds. The van der Waals surface area contributed by atoms with Crippen molar-refractivity contribution in [2.24, 2.45) is 0 Å². The van der Waals surface area contributed by atoms with E-state index in [9.17, 15) is 0 Å². The first-order valence-corrected chi connectivity index (χ1v) is 22.4. The molecule has 6 heteroatoms. The average Bonchev–Trinajstić information content (AvgIpc) is 3.87. The van der Waals surface area contributed by atoms with Crippen molar-refractivity contribution in [1.82, 2.24) is 14.1 Å². The fourth-order valence-corrected chi connectivity index (χ4v) is 8.57. The topological polar surface area (TPSA) is 35.9 Å². The van der Waals surface area contributed by atoms with Gasteiger partial charge in [0.05, 0.1) is 11.4 Å². The van der Waals surface area contributed by atoms with Gasteiger partial charge in [-0.25, -0.2) is 4.98 Å². The molecule has 3 heterocycles. The molecule has 9 rings (SSSR count). The van der Waals surface area contributed by atoms with Gasteiger partial charge in [-0.2, -0.15) is 12.1 Å². The van der Waals surface area contributed by atoms with Crippen molar-refractivity contribution in [3.63, 3.8) is 0 Å². The summed E-state index contributed by atoms with van der Waals surface area (Å²) >= 11 is 0. The zero-order chi connectivity index (χ0) is 45.2. The molecule has 0 unspecified atom stereocenters. The Morgan fingerprint density at radius 2 is 1.18 bits per heavy atom. The molecule has 0 bridgehead atoms. The van der Waals surface area contributed by atoms with E-state index in [4.69, 9.17) is 9.72 Å². The molecule has 0 aliphatic rings. The molecule has 0 saturated heterocycles. The Kier molecular flexibility index (Phi) is 12.0. The second kappa shape index (κ2) is 17.1. The first kappa shape index (κ1) is 45.5. The van der Waals surface area contributed by atoms with E-state index in [0.717, 1.165) is 55.8 Å². The van der Waals surface area contributed by atoms with E-state index in [1.165, 1.54) is 22.3 Å². The van der Waals surface area contributed by atoms with E-state index in [-0.39, 0.29) is 42.7 Å². The molecule has 6 aromatic carbocycles. The maximum atomic E-state index is 6.88. The molecule has 5 nitrogen and oxygen atoms in total. The van der Waals surface area contributed by atoms with Gasteiger partial charge in [0.25, 0.3) is 6.33 Å². The molecule has 0 radical (unpaired) electrons. The Hall–Kier alpha value is -6.03. The van der Waals surface area contributed by atoms with Crippen LogP contribution in [0.15, 0.2) is 152 Å². The second-order valence-electron chi connectivity index (χ2n) is 20.8. The van der Waals surface area contributed by atoms with Gasteiger partial charge in [0, 0.05) is 55.9 Å². The minimum Gasteiger partial charge on any atom is -0.510 e. The van der Waals surface area contributed by atoms with Crippen LogP contribution in [-0.4, -0.2) is 14.1 Å². The van der Waals surface area contributed by atoms with Crippen LogP contribution in [-0.2, 0) is 42.7 Å². The van der Waals surface area contributed by atoms with Gasteiger partial charge in [-0.1, -0.05) is 167 Å². The smallest absolute Gasteiger partial charge is 0.267 e. The third-order valence-electron chi connectivity index (χ3n) is 12.5. The van der Waals surface area contributed by atoms with Crippen LogP contribution in [0.4, 0.5) is 0 Å². The summed E-state index contributed by atoms with van der Waals surface area (Å²) in [6.07, 6.45) is 7.91. The van der Waals surface area contributed by atoms with Crippen molar-refractivity contribution < 1.29 is 30.4 Å². The molecule has 0 N–H and O–H groups in total.